The molecule has 3 aromatic rings. The Hall–Kier alpha value is -3.21. The van der Waals surface area contributed by atoms with Gasteiger partial charge in [-0.15, -0.1) is 0 Å². The van der Waals surface area contributed by atoms with Crippen molar-refractivity contribution >= 4 is 17.3 Å². The Morgan fingerprint density at radius 2 is 1.88 bits per heavy atom. The number of hydrogen-bond acceptors (Lipinski definition) is 3. The molecule has 1 aliphatic heterocycles. The van der Waals surface area contributed by atoms with E-state index in [1.54, 1.807) is 24.4 Å². The van der Waals surface area contributed by atoms with Gasteiger partial charge in [-0.25, -0.2) is 9.37 Å². The zero-order chi connectivity index (χ0) is 17.9. The molecular weight excluding hydrogens is 329 g/mol. The Bertz CT molecular complexity index is 940. The number of amides is 1. The number of hydrogen-bond donors (Lipinski definition) is 1. The maximum Gasteiger partial charge on any atom is 0.274 e. The molecule has 1 amide bonds. The van der Waals surface area contributed by atoms with E-state index >= 15 is 0 Å². The number of nitrogens with zero attached hydrogens (tertiary/aromatic N) is 2. The third-order valence-corrected chi connectivity index (χ3v) is 4.56. The molecule has 0 spiro atoms. The fourth-order valence-electron chi connectivity index (χ4n) is 3.18. The summed E-state index contributed by atoms with van der Waals surface area (Å²) in [5, 5.41) is 2.66. The lowest BCUT2D eigenvalue weighted by Gasteiger charge is -2.30. The molecule has 0 atom stereocenters. The van der Waals surface area contributed by atoms with Crippen LogP contribution in [0.1, 0.15) is 21.6 Å². The van der Waals surface area contributed by atoms with Crippen LogP contribution in [0.5, 0.6) is 0 Å². The monoisotopic (exact) mass is 347 g/mol. The van der Waals surface area contributed by atoms with Gasteiger partial charge in [0.2, 0.25) is 0 Å². The molecule has 4 rings (SSSR count). The molecule has 0 aliphatic carbocycles. The van der Waals surface area contributed by atoms with Gasteiger partial charge in [0.15, 0.2) is 0 Å². The number of aromatic nitrogens is 1. The fraction of sp³-hybridized carbons (Fsp3) is 0.143. The van der Waals surface area contributed by atoms with Crippen molar-refractivity contribution in [3.05, 3.63) is 89.5 Å². The van der Waals surface area contributed by atoms with Gasteiger partial charge in [0.1, 0.15) is 11.5 Å². The summed E-state index contributed by atoms with van der Waals surface area (Å²) in [7, 11) is 0. The van der Waals surface area contributed by atoms with Crippen LogP contribution in [-0.2, 0) is 13.0 Å². The summed E-state index contributed by atoms with van der Waals surface area (Å²) in [5.41, 5.74) is 4.42. The third kappa shape index (κ3) is 3.42. The molecule has 2 heterocycles. The van der Waals surface area contributed by atoms with Crippen LogP contribution < -0.4 is 10.2 Å². The van der Waals surface area contributed by atoms with E-state index in [2.05, 4.69) is 39.5 Å². The molecule has 2 aromatic carbocycles. The number of pyridine rings is 1. The maximum absolute atomic E-state index is 13.2. The van der Waals surface area contributed by atoms with Gasteiger partial charge < -0.3 is 10.2 Å². The quantitative estimate of drug-likeness (QED) is 0.778. The second-order valence-corrected chi connectivity index (χ2v) is 6.31. The van der Waals surface area contributed by atoms with Gasteiger partial charge in [0, 0.05) is 18.8 Å². The van der Waals surface area contributed by atoms with Gasteiger partial charge in [-0.2, -0.15) is 0 Å². The van der Waals surface area contributed by atoms with Crippen molar-refractivity contribution in [3.8, 4) is 0 Å². The van der Waals surface area contributed by atoms with E-state index < -0.39 is 5.82 Å². The number of carbonyl (C=O) groups excluding carboxylic acids is 1. The Morgan fingerprint density at radius 3 is 2.65 bits per heavy atom. The summed E-state index contributed by atoms with van der Waals surface area (Å²) in [5.74, 6) is -0.748. The second-order valence-electron chi connectivity index (χ2n) is 6.31. The van der Waals surface area contributed by atoms with Crippen LogP contribution in [0.2, 0.25) is 0 Å². The van der Waals surface area contributed by atoms with Gasteiger partial charge in [0.25, 0.3) is 5.91 Å². The minimum absolute atomic E-state index is 0.301. The molecule has 1 N–H and O–H groups in total. The summed E-state index contributed by atoms with van der Waals surface area (Å²) in [6.07, 6.45) is 2.71. The highest BCUT2D eigenvalue weighted by Crippen LogP contribution is 2.24. The molecule has 0 saturated carbocycles. The van der Waals surface area contributed by atoms with Crippen molar-refractivity contribution in [1.29, 1.82) is 0 Å². The van der Waals surface area contributed by atoms with Crippen molar-refractivity contribution < 1.29 is 9.18 Å². The van der Waals surface area contributed by atoms with E-state index in [1.165, 1.54) is 23.3 Å². The summed E-state index contributed by atoms with van der Waals surface area (Å²) < 4.78 is 13.2. The second kappa shape index (κ2) is 6.96. The summed E-state index contributed by atoms with van der Waals surface area (Å²) in [6, 6.07) is 17.8. The van der Waals surface area contributed by atoms with Crippen LogP contribution in [-0.4, -0.2) is 17.4 Å². The lowest BCUT2D eigenvalue weighted by molar-refractivity contribution is 0.102. The first-order valence-corrected chi connectivity index (χ1v) is 8.54. The van der Waals surface area contributed by atoms with Gasteiger partial charge >= 0.3 is 0 Å². The molecule has 5 heteroatoms. The minimum Gasteiger partial charge on any atom is -0.366 e. The third-order valence-electron chi connectivity index (χ3n) is 4.56. The summed E-state index contributed by atoms with van der Waals surface area (Å²) >= 11 is 0. The van der Waals surface area contributed by atoms with Crippen molar-refractivity contribution in [2.75, 3.05) is 16.8 Å². The summed E-state index contributed by atoms with van der Waals surface area (Å²) in [6.45, 7) is 1.76. The Labute approximate surface area is 151 Å². The molecule has 0 unspecified atom stereocenters. The van der Waals surface area contributed by atoms with Gasteiger partial charge in [0.05, 0.1) is 11.9 Å². The molecule has 1 aliphatic rings. The number of fused-ring (bicyclic) bond motifs is 1. The average molecular weight is 347 g/mol. The van der Waals surface area contributed by atoms with Gasteiger partial charge in [-0.05, 0) is 47.9 Å². The van der Waals surface area contributed by atoms with E-state index in [0.717, 1.165) is 25.2 Å². The average Bonchev–Trinajstić information content (AvgIpc) is 2.68. The van der Waals surface area contributed by atoms with E-state index in [9.17, 15) is 9.18 Å². The van der Waals surface area contributed by atoms with Crippen molar-refractivity contribution in [2.24, 2.45) is 0 Å². The lowest BCUT2D eigenvalue weighted by Crippen LogP contribution is -2.30. The van der Waals surface area contributed by atoms with Crippen molar-refractivity contribution in [3.63, 3.8) is 0 Å². The number of rotatable bonds is 3. The smallest absolute Gasteiger partial charge is 0.274 e. The highest BCUT2D eigenvalue weighted by Gasteiger charge is 2.17. The van der Waals surface area contributed by atoms with Crippen molar-refractivity contribution in [1.82, 2.24) is 4.98 Å². The number of anilines is 2. The molecule has 0 fully saturated rings. The van der Waals surface area contributed by atoms with Crippen LogP contribution in [0.25, 0.3) is 0 Å². The molecule has 26 heavy (non-hydrogen) atoms. The van der Waals surface area contributed by atoms with E-state index in [1.807, 2.05) is 6.07 Å². The largest absolute Gasteiger partial charge is 0.366 e. The predicted octanol–water partition coefficient (Wildman–Crippen LogP) is 4.04. The normalized spacial score (nSPS) is 13.2. The first-order valence-electron chi connectivity index (χ1n) is 8.54. The minimum atomic E-state index is -0.392. The highest BCUT2D eigenvalue weighted by atomic mass is 19.1. The predicted molar refractivity (Wildman–Crippen MR) is 99.8 cm³/mol. The number of nitrogens with one attached hydrogen (secondary N) is 1. The Morgan fingerprint density at radius 1 is 1.04 bits per heavy atom. The van der Waals surface area contributed by atoms with Crippen LogP contribution in [0, 0.1) is 5.82 Å². The van der Waals surface area contributed by atoms with E-state index in [-0.39, 0.29) is 5.91 Å². The number of benzene rings is 2. The SMILES string of the molecule is O=C(Nc1cccc(F)c1)c1ccc(N2CCc3ccccc3C2)cn1. The van der Waals surface area contributed by atoms with Crippen LogP contribution >= 0.6 is 0 Å². The van der Waals surface area contributed by atoms with Crippen LogP contribution in [0.3, 0.4) is 0 Å². The van der Waals surface area contributed by atoms with Crippen molar-refractivity contribution in [2.45, 2.75) is 13.0 Å². The molecule has 4 nitrogen and oxygen atoms in total. The topological polar surface area (TPSA) is 45.2 Å². The molecular formula is C21H18FN3O. The Kier molecular flexibility index (Phi) is 4.35. The van der Waals surface area contributed by atoms with Crippen LogP contribution in [0.15, 0.2) is 66.9 Å². The van der Waals surface area contributed by atoms with Gasteiger partial charge in [-0.3, -0.25) is 4.79 Å². The fourth-order valence-corrected chi connectivity index (χ4v) is 3.18. The zero-order valence-corrected chi connectivity index (χ0v) is 14.2. The van der Waals surface area contributed by atoms with Gasteiger partial charge in [-0.1, -0.05) is 30.3 Å². The van der Waals surface area contributed by atoms with E-state index in [4.69, 9.17) is 0 Å². The first kappa shape index (κ1) is 16.3. The zero-order valence-electron chi connectivity index (χ0n) is 14.2. The molecule has 1 aromatic heterocycles. The molecule has 0 bridgehead atoms. The Balaban J connectivity index is 1.46. The van der Waals surface area contributed by atoms with Crippen LogP contribution in [0.4, 0.5) is 15.8 Å². The number of carbonyl (C=O) groups is 1. The maximum atomic E-state index is 13.2. The summed E-state index contributed by atoms with van der Waals surface area (Å²) in [4.78, 5) is 18.8. The molecule has 0 saturated heterocycles. The first-order chi connectivity index (χ1) is 12.7. The lowest BCUT2D eigenvalue weighted by atomic mass is 10.00. The highest BCUT2D eigenvalue weighted by molar-refractivity contribution is 6.02. The van der Waals surface area contributed by atoms with E-state index in [0.29, 0.717) is 11.4 Å². The molecule has 130 valence electrons. The standard InChI is InChI=1S/C21H18FN3O/c22-17-6-3-7-18(12-17)24-21(26)20-9-8-19(13-23-20)25-11-10-15-4-1-2-5-16(15)14-25/h1-9,12-13H,10-11,14H2,(H,24,26). The number of halogens is 1. The molecule has 0 radical (unpaired) electrons.